The minimum atomic E-state index is -4.61. The van der Waals surface area contributed by atoms with Gasteiger partial charge in [-0.25, -0.2) is 15.0 Å². The lowest BCUT2D eigenvalue weighted by molar-refractivity contribution is -0.141. The number of alkyl halides is 3. The van der Waals surface area contributed by atoms with Gasteiger partial charge in [0.15, 0.2) is 11.5 Å². The smallest absolute Gasteiger partial charge is 0.433 e. The number of halogens is 3. The normalized spacial score (nSPS) is 18.5. The van der Waals surface area contributed by atoms with Gasteiger partial charge in [-0.1, -0.05) is 0 Å². The fraction of sp³-hybridized carbons (Fsp3) is 0.316. The van der Waals surface area contributed by atoms with Crippen LogP contribution in [0.3, 0.4) is 0 Å². The van der Waals surface area contributed by atoms with Gasteiger partial charge in [-0.3, -0.25) is 5.10 Å². The van der Waals surface area contributed by atoms with Gasteiger partial charge in [0.2, 0.25) is 0 Å². The average molecular weight is 430 g/mol. The fourth-order valence-corrected chi connectivity index (χ4v) is 3.24. The van der Waals surface area contributed by atoms with Gasteiger partial charge in [-0.2, -0.15) is 23.5 Å². The SMILES string of the molecule is N#Cc1cnc(Nc2cc(-c3nc(C(F)(F)F)ccc3O[C@@H]3CC[C@H](N)C3)[nH]n2)cn1. The van der Waals surface area contributed by atoms with Crippen LogP contribution < -0.4 is 15.8 Å². The highest BCUT2D eigenvalue weighted by Gasteiger charge is 2.34. The molecule has 0 aromatic carbocycles. The van der Waals surface area contributed by atoms with Crippen molar-refractivity contribution in [1.82, 2.24) is 25.1 Å². The summed E-state index contributed by atoms with van der Waals surface area (Å²) in [5.74, 6) is 0.799. The average Bonchev–Trinajstić information content (AvgIpc) is 3.37. The van der Waals surface area contributed by atoms with Crippen molar-refractivity contribution in [2.24, 2.45) is 5.73 Å². The summed E-state index contributed by atoms with van der Waals surface area (Å²) >= 11 is 0. The van der Waals surface area contributed by atoms with Gasteiger partial charge in [0.05, 0.1) is 18.1 Å². The molecule has 2 atom stereocenters. The molecule has 0 radical (unpaired) electrons. The molecule has 4 N–H and O–H groups in total. The number of ether oxygens (including phenoxy) is 1. The predicted octanol–water partition coefficient (Wildman–Crippen LogP) is 3.15. The van der Waals surface area contributed by atoms with Crippen molar-refractivity contribution in [3.8, 4) is 23.2 Å². The number of pyridine rings is 1. The molecule has 0 bridgehead atoms. The number of nitrogens with two attached hydrogens (primary N) is 1. The van der Waals surface area contributed by atoms with Gasteiger partial charge in [0.1, 0.15) is 35.1 Å². The first-order valence-electron chi connectivity index (χ1n) is 9.37. The Morgan fingerprint density at radius 1 is 1.19 bits per heavy atom. The summed E-state index contributed by atoms with van der Waals surface area (Å²) in [7, 11) is 0. The molecule has 31 heavy (non-hydrogen) atoms. The van der Waals surface area contributed by atoms with E-state index in [1.165, 1.54) is 24.5 Å². The number of H-pyrrole nitrogens is 1. The van der Waals surface area contributed by atoms with Crippen molar-refractivity contribution < 1.29 is 17.9 Å². The largest absolute Gasteiger partial charge is 0.488 e. The molecule has 160 valence electrons. The van der Waals surface area contributed by atoms with E-state index in [-0.39, 0.29) is 40.8 Å². The molecular formula is C19H17F3N8O. The van der Waals surface area contributed by atoms with Gasteiger partial charge in [0.25, 0.3) is 0 Å². The van der Waals surface area contributed by atoms with Crippen LogP contribution in [0.5, 0.6) is 5.75 Å². The molecule has 0 spiro atoms. The maximum Gasteiger partial charge on any atom is 0.433 e. The van der Waals surface area contributed by atoms with E-state index in [0.29, 0.717) is 12.2 Å². The number of rotatable bonds is 5. The van der Waals surface area contributed by atoms with Crippen LogP contribution in [0.1, 0.15) is 30.7 Å². The van der Waals surface area contributed by atoms with E-state index in [2.05, 4.69) is 30.5 Å². The number of nitrogens with zero attached hydrogens (tertiary/aromatic N) is 5. The number of hydrogen-bond donors (Lipinski definition) is 3. The lowest BCUT2D eigenvalue weighted by atomic mass is 10.2. The minimum Gasteiger partial charge on any atom is -0.488 e. The highest BCUT2D eigenvalue weighted by molar-refractivity contribution is 5.67. The van der Waals surface area contributed by atoms with Crippen LogP contribution in [-0.2, 0) is 6.18 Å². The van der Waals surface area contributed by atoms with Crippen LogP contribution >= 0.6 is 0 Å². The standard InChI is InChI=1S/C19H17F3N8O/c20-19(21,22)15-4-3-14(31-12-2-1-10(24)5-12)18(27-15)13-6-16(30-29-13)28-17-9-25-11(7-23)8-26-17/h3-4,6,8-10,12H,1-2,5,24H2,(H2,26,28,29,30)/t10-,12+/m0/s1. The second-order valence-electron chi connectivity index (χ2n) is 7.04. The summed E-state index contributed by atoms with van der Waals surface area (Å²) in [4.78, 5) is 11.7. The molecule has 9 nitrogen and oxygen atoms in total. The third kappa shape index (κ3) is 4.72. The highest BCUT2D eigenvalue weighted by Crippen LogP contribution is 2.36. The number of aromatic nitrogens is 5. The van der Waals surface area contributed by atoms with E-state index in [4.69, 9.17) is 15.7 Å². The topological polar surface area (TPSA) is 138 Å². The molecule has 0 aliphatic heterocycles. The Labute approximate surface area is 174 Å². The number of aromatic amines is 1. The number of nitriles is 1. The zero-order valence-corrected chi connectivity index (χ0v) is 16.0. The highest BCUT2D eigenvalue weighted by atomic mass is 19.4. The summed E-state index contributed by atoms with van der Waals surface area (Å²) < 4.78 is 45.6. The van der Waals surface area contributed by atoms with Crippen molar-refractivity contribution in [3.05, 3.63) is 42.0 Å². The fourth-order valence-electron chi connectivity index (χ4n) is 3.24. The molecule has 12 heteroatoms. The maximum absolute atomic E-state index is 13.2. The molecule has 1 fully saturated rings. The first kappa shape index (κ1) is 20.5. The van der Waals surface area contributed by atoms with E-state index in [9.17, 15) is 13.2 Å². The molecule has 1 aliphatic carbocycles. The Balaban J connectivity index is 1.62. The predicted molar refractivity (Wildman–Crippen MR) is 103 cm³/mol. The quantitative estimate of drug-likeness (QED) is 0.561. The van der Waals surface area contributed by atoms with Crippen LogP contribution in [0.4, 0.5) is 24.8 Å². The first-order valence-corrected chi connectivity index (χ1v) is 9.37. The van der Waals surface area contributed by atoms with Gasteiger partial charge in [-0.15, -0.1) is 0 Å². The summed E-state index contributed by atoms with van der Waals surface area (Å²) in [5, 5.41) is 18.3. The van der Waals surface area contributed by atoms with E-state index < -0.39 is 11.9 Å². The molecule has 0 saturated heterocycles. The van der Waals surface area contributed by atoms with Gasteiger partial charge in [-0.05, 0) is 31.4 Å². The van der Waals surface area contributed by atoms with Crippen LogP contribution in [0.2, 0.25) is 0 Å². The molecule has 3 heterocycles. The lowest BCUT2D eigenvalue weighted by Gasteiger charge is -2.17. The van der Waals surface area contributed by atoms with Crippen LogP contribution in [0, 0.1) is 11.3 Å². The summed E-state index contributed by atoms with van der Waals surface area (Å²) in [5.41, 5.74) is 5.23. The van der Waals surface area contributed by atoms with Gasteiger partial charge < -0.3 is 15.8 Å². The maximum atomic E-state index is 13.2. The monoisotopic (exact) mass is 430 g/mol. The Morgan fingerprint density at radius 2 is 2.03 bits per heavy atom. The lowest BCUT2D eigenvalue weighted by Crippen LogP contribution is -2.19. The zero-order chi connectivity index (χ0) is 22.0. The second-order valence-corrected chi connectivity index (χ2v) is 7.04. The molecule has 3 aromatic rings. The minimum absolute atomic E-state index is 0.00680. The molecule has 0 amide bonds. The van der Waals surface area contributed by atoms with Crippen molar-refractivity contribution in [1.29, 1.82) is 5.26 Å². The van der Waals surface area contributed by atoms with Gasteiger partial charge >= 0.3 is 6.18 Å². The first-order chi connectivity index (χ1) is 14.8. The summed E-state index contributed by atoms with van der Waals surface area (Å²) in [6, 6.07) is 5.49. The van der Waals surface area contributed by atoms with Crippen LogP contribution in [-0.4, -0.2) is 37.3 Å². The van der Waals surface area contributed by atoms with Crippen molar-refractivity contribution in [3.63, 3.8) is 0 Å². The number of anilines is 2. The van der Waals surface area contributed by atoms with Crippen LogP contribution in [0.25, 0.3) is 11.4 Å². The Kier molecular flexibility index (Phi) is 5.43. The second kappa shape index (κ2) is 8.19. The Morgan fingerprint density at radius 3 is 2.68 bits per heavy atom. The molecule has 4 rings (SSSR count). The zero-order valence-electron chi connectivity index (χ0n) is 16.0. The summed E-state index contributed by atoms with van der Waals surface area (Å²) in [6.45, 7) is 0. The van der Waals surface area contributed by atoms with Crippen molar-refractivity contribution in [2.75, 3.05) is 5.32 Å². The van der Waals surface area contributed by atoms with Gasteiger partial charge in [0, 0.05) is 12.1 Å². The van der Waals surface area contributed by atoms with Crippen molar-refractivity contribution in [2.45, 2.75) is 37.6 Å². The molecular weight excluding hydrogens is 413 g/mol. The molecule has 3 aromatic heterocycles. The number of nitrogens with one attached hydrogen (secondary N) is 2. The Bertz CT molecular complexity index is 1110. The molecule has 0 unspecified atom stereocenters. The van der Waals surface area contributed by atoms with Crippen molar-refractivity contribution >= 4 is 11.6 Å². The Hall–Kier alpha value is -3.72. The summed E-state index contributed by atoms with van der Waals surface area (Å²) in [6.07, 6.45) is -0.0558. The third-order valence-electron chi connectivity index (χ3n) is 4.72. The third-order valence-corrected chi connectivity index (χ3v) is 4.72. The number of hydrogen-bond acceptors (Lipinski definition) is 8. The van der Waals surface area contributed by atoms with Crippen LogP contribution in [0.15, 0.2) is 30.6 Å². The van der Waals surface area contributed by atoms with E-state index in [1.807, 2.05) is 6.07 Å². The molecule has 1 aliphatic rings. The molecule has 1 saturated carbocycles. The van der Waals surface area contributed by atoms with E-state index in [0.717, 1.165) is 18.9 Å². The van der Waals surface area contributed by atoms with E-state index >= 15 is 0 Å². The van der Waals surface area contributed by atoms with E-state index in [1.54, 1.807) is 0 Å².